The van der Waals surface area contributed by atoms with Gasteiger partial charge in [0.2, 0.25) is 0 Å². The molecule has 2 heteroatoms. The molecule has 15 heavy (non-hydrogen) atoms. The zero-order valence-corrected chi connectivity index (χ0v) is 8.40. The molecule has 0 aliphatic heterocycles. The van der Waals surface area contributed by atoms with Crippen LogP contribution in [0.5, 0.6) is 0 Å². The molecular formula is C13H12O2. The van der Waals surface area contributed by atoms with E-state index in [2.05, 4.69) is 6.07 Å². The van der Waals surface area contributed by atoms with Gasteiger partial charge in [-0.3, -0.25) is 4.79 Å². The maximum Gasteiger partial charge on any atom is 0.134 e. The largest absolute Gasteiger partial charge is 0.464 e. The van der Waals surface area contributed by atoms with E-state index in [9.17, 15) is 4.79 Å². The smallest absolute Gasteiger partial charge is 0.134 e. The lowest BCUT2D eigenvalue weighted by molar-refractivity contribution is -0.117. The number of benzene rings is 1. The summed E-state index contributed by atoms with van der Waals surface area (Å²) in [7, 11) is 0. The molecule has 1 fully saturated rings. The summed E-state index contributed by atoms with van der Waals surface area (Å²) in [6, 6.07) is 8.01. The maximum atomic E-state index is 11.3. The zero-order chi connectivity index (χ0) is 10.3. The second kappa shape index (κ2) is 3.23. The monoisotopic (exact) mass is 200 g/mol. The summed E-state index contributed by atoms with van der Waals surface area (Å²) >= 11 is 0. The first-order chi connectivity index (χ1) is 7.34. The molecule has 0 bridgehead atoms. The van der Waals surface area contributed by atoms with E-state index in [1.807, 2.05) is 24.5 Å². The highest BCUT2D eigenvalue weighted by Gasteiger charge is 2.26. The topological polar surface area (TPSA) is 30.2 Å². The van der Waals surface area contributed by atoms with Crippen molar-refractivity contribution >= 4 is 16.8 Å². The van der Waals surface area contributed by atoms with Gasteiger partial charge < -0.3 is 4.42 Å². The quantitative estimate of drug-likeness (QED) is 0.707. The normalized spacial score (nSPS) is 21.3. The van der Waals surface area contributed by atoms with Gasteiger partial charge in [0.05, 0.1) is 6.26 Å². The van der Waals surface area contributed by atoms with Crippen molar-refractivity contribution in [3.05, 3.63) is 36.1 Å². The molecule has 76 valence electrons. The van der Waals surface area contributed by atoms with E-state index in [1.165, 1.54) is 5.56 Å². The van der Waals surface area contributed by atoms with E-state index in [-0.39, 0.29) is 0 Å². The summed E-state index contributed by atoms with van der Waals surface area (Å²) < 4.78 is 5.49. The van der Waals surface area contributed by atoms with Crippen LogP contribution in [-0.4, -0.2) is 5.78 Å². The maximum absolute atomic E-state index is 11.3. The number of hydrogen-bond acceptors (Lipinski definition) is 2. The fourth-order valence-corrected chi connectivity index (χ4v) is 2.39. The zero-order valence-electron chi connectivity index (χ0n) is 8.40. The summed E-state index contributed by atoms with van der Waals surface area (Å²) in [4.78, 5) is 11.3. The van der Waals surface area contributed by atoms with E-state index in [4.69, 9.17) is 4.42 Å². The van der Waals surface area contributed by atoms with E-state index < -0.39 is 0 Å². The molecule has 1 saturated carbocycles. The van der Waals surface area contributed by atoms with Crippen molar-refractivity contribution in [3.8, 4) is 0 Å². The second-order valence-corrected chi connectivity index (χ2v) is 4.17. The van der Waals surface area contributed by atoms with Crippen LogP contribution in [0.1, 0.15) is 30.7 Å². The molecule has 3 rings (SSSR count). The Bertz CT molecular complexity index is 510. The molecule has 1 aromatic carbocycles. The van der Waals surface area contributed by atoms with E-state index in [0.29, 0.717) is 18.1 Å². The Morgan fingerprint density at radius 2 is 2.13 bits per heavy atom. The van der Waals surface area contributed by atoms with E-state index in [1.54, 1.807) is 0 Å². The third kappa shape index (κ3) is 1.37. The molecule has 0 radical (unpaired) electrons. The molecule has 1 aromatic heterocycles. The summed E-state index contributed by atoms with van der Waals surface area (Å²) in [6.45, 7) is 0. The van der Waals surface area contributed by atoms with Gasteiger partial charge in [-0.25, -0.2) is 0 Å². The highest BCUT2D eigenvalue weighted by Crippen LogP contribution is 2.36. The van der Waals surface area contributed by atoms with Crippen LogP contribution in [0.25, 0.3) is 11.0 Å². The van der Waals surface area contributed by atoms with Crippen LogP contribution < -0.4 is 0 Å². The third-order valence-electron chi connectivity index (χ3n) is 3.20. The molecule has 0 saturated heterocycles. The molecule has 0 spiro atoms. The van der Waals surface area contributed by atoms with Crippen LogP contribution >= 0.6 is 0 Å². The van der Waals surface area contributed by atoms with Crippen molar-refractivity contribution in [2.75, 3.05) is 0 Å². The number of hydrogen-bond donors (Lipinski definition) is 0. The number of ketones is 1. The SMILES string of the molecule is O=C1CCC(c2coc3ccccc23)C1. The molecule has 2 aromatic rings. The van der Waals surface area contributed by atoms with Crippen molar-refractivity contribution < 1.29 is 9.21 Å². The molecule has 1 heterocycles. The highest BCUT2D eigenvalue weighted by atomic mass is 16.3. The number of para-hydroxylation sites is 1. The van der Waals surface area contributed by atoms with Crippen LogP contribution in [0.4, 0.5) is 0 Å². The minimum absolute atomic E-state index is 0.376. The summed E-state index contributed by atoms with van der Waals surface area (Å²) in [5.74, 6) is 0.756. The molecule has 0 N–H and O–H groups in total. The standard InChI is InChI=1S/C13H12O2/c14-10-6-5-9(7-10)12-8-15-13-4-2-1-3-11(12)13/h1-4,8-9H,5-7H2. The first-order valence-electron chi connectivity index (χ1n) is 5.32. The average Bonchev–Trinajstić information content (AvgIpc) is 2.83. The van der Waals surface area contributed by atoms with Gasteiger partial charge in [-0.05, 0) is 18.4 Å². The van der Waals surface area contributed by atoms with Crippen LogP contribution in [0.2, 0.25) is 0 Å². The minimum atomic E-state index is 0.376. The van der Waals surface area contributed by atoms with Crippen molar-refractivity contribution in [1.29, 1.82) is 0 Å². The van der Waals surface area contributed by atoms with Crippen LogP contribution in [0, 0.1) is 0 Å². The van der Waals surface area contributed by atoms with Gasteiger partial charge in [-0.15, -0.1) is 0 Å². The number of rotatable bonds is 1. The predicted molar refractivity (Wildman–Crippen MR) is 57.8 cm³/mol. The molecule has 1 aliphatic rings. The summed E-state index contributed by atoms with van der Waals surface area (Å²) in [6.07, 6.45) is 4.20. The van der Waals surface area contributed by atoms with Crippen LogP contribution in [0.15, 0.2) is 34.9 Å². The van der Waals surface area contributed by atoms with E-state index in [0.717, 1.165) is 23.8 Å². The summed E-state index contributed by atoms with van der Waals surface area (Å²) in [5.41, 5.74) is 2.13. The Balaban J connectivity index is 2.07. The van der Waals surface area contributed by atoms with Gasteiger partial charge in [0.25, 0.3) is 0 Å². The van der Waals surface area contributed by atoms with Gasteiger partial charge in [-0.2, -0.15) is 0 Å². The molecule has 1 aliphatic carbocycles. The number of carbonyl (C=O) groups is 1. The predicted octanol–water partition coefficient (Wildman–Crippen LogP) is 3.27. The van der Waals surface area contributed by atoms with Crippen molar-refractivity contribution in [3.63, 3.8) is 0 Å². The molecule has 1 unspecified atom stereocenters. The number of fused-ring (bicyclic) bond motifs is 1. The fourth-order valence-electron chi connectivity index (χ4n) is 2.39. The van der Waals surface area contributed by atoms with Gasteiger partial charge >= 0.3 is 0 Å². The Morgan fingerprint density at radius 3 is 2.93 bits per heavy atom. The fraction of sp³-hybridized carbons (Fsp3) is 0.308. The molecular weight excluding hydrogens is 188 g/mol. The molecule has 2 nitrogen and oxygen atoms in total. The Kier molecular flexibility index (Phi) is 1.88. The Morgan fingerprint density at radius 1 is 1.27 bits per heavy atom. The lowest BCUT2D eigenvalue weighted by Crippen LogP contribution is -1.92. The number of carbonyl (C=O) groups excluding carboxylic acids is 1. The van der Waals surface area contributed by atoms with Gasteiger partial charge in [0.15, 0.2) is 0 Å². The molecule has 1 atom stereocenters. The Labute approximate surface area is 87.9 Å². The highest BCUT2D eigenvalue weighted by molar-refractivity contribution is 5.86. The lowest BCUT2D eigenvalue weighted by Gasteiger charge is -2.04. The first kappa shape index (κ1) is 8.72. The van der Waals surface area contributed by atoms with Gasteiger partial charge in [0, 0.05) is 23.8 Å². The minimum Gasteiger partial charge on any atom is -0.464 e. The third-order valence-corrected chi connectivity index (χ3v) is 3.20. The van der Waals surface area contributed by atoms with Gasteiger partial charge in [-0.1, -0.05) is 18.2 Å². The van der Waals surface area contributed by atoms with Crippen molar-refractivity contribution in [2.45, 2.75) is 25.2 Å². The van der Waals surface area contributed by atoms with Crippen LogP contribution in [-0.2, 0) is 4.79 Å². The van der Waals surface area contributed by atoms with Crippen molar-refractivity contribution in [2.24, 2.45) is 0 Å². The second-order valence-electron chi connectivity index (χ2n) is 4.17. The van der Waals surface area contributed by atoms with Crippen molar-refractivity contribution in [1.82, 2.24) is 0 Å². The Hall–Kier alpha value is -1.57. The first-order valence-corrected chi connectivity index (χ1v) is 5.32. The van der Waals surface area contributed by atoms with Crippen LogP contribution in [0.3, 0.4) is 0 Å². The average molecular weight is 200 g/mol. The van der Waals surface area contributed by atoms with Gasteiger partial charge in [0.1, 0.15) is 11.4 Å². The molecule has 0 amide bonds. The van der Waals surface area contributed by atoms with E-state index >= 15 is 0 Å². The lowest BCUT2D eigenvalue weighted by atomic mass is 9.97. The number of furan rings is 1. The number of Topliss-reactive ketones (excluding diaryl/α,β-unsaturated/α-hetero) is 1. The summed E-state index contributed by atoms with van der Waals surface area (Å²) in [5, 5.41) is 1.16.